The number of benzene rings is 1. The van der Waals surface area contributed by atoms with Crippen LogP contribution in [0.5, 0.6) is 5.75 Å². The Bertz CT molecular complexity index is 488. The minimum atomic E-state index is -4.29. The number of carbonyl (C=O) groups is 1. The van der Waals surface area contributed by atoms with Crippen molar-refractivity contribution in [3.8, 4) is 5.75 Å². The van der Waals surface area contributed by atoms with Crippen LogP contribution in [0.4, 0.5) is 23.2 Å². The van der Waals surface area contributed by atoms with Crippen molar-refractivity contribution in [1.82, 2.24) is 0 Å². The number of hydrogen-bond donors (Lipinski definition) is 1. The van der Waals surface area contributed by atoms with E-state index in [1.165, 1.54) is 0 Å². The van der Waals surface area contributed by atoms with Gasteiger partial charge in [0, 0.05) is 18.2 Å². The van der Waals surface area contributed by atoms with Crippen molar-refractivity contribution in [3.05, 3.63) is 23.5 Å². The molecule has 4 nitrogen and oxygen atoms in total. The molecule has 0 aromatic heterocycles. The molecule has 0 unspecified atom stereocenters. The predicted octanol–water partition coefficient (Wildman–Crippen LogP) is 2.92. The number of esters is 1. The van der Waals surface area contributed by atoms with E-state index in [2.05, 4.69) is 4.74 Å². The van der Waals surface area contributed by atoms with E-state index in [-0.39, 0.29) is 30.0 Å². The van der Waals surface area contributed by atoms with Gasteiger partial charge in [-0.2, -0.15) is 13.2 Å². The molecule has 0 fully saturated rings. The number of methoxy groups -OCH3 is 1. The number of hydrogen-bond acceptors (Lipinski definition) is 4. The van der Waals surface area contributed by atoms with E-state index in [0.29, 0.717) is 0 Å². The number of anilines is 1. The van der Waals surface area contributed by atoms with Gasteiger partial charge in [0.05, 0.1) is 19.3 Å². The first kappa shape index (κ1) is 16.1. The Labute approximate surface area is 112 Å². The third-order valence-electron chi connectivity index (χ3n) is 2.37. The SMILES string of the molecule is COC(=O)c1cc(OCCCC(F)(F)F)c(F)cc1N. The molecule has 0 saturated carbocycles. The Hall–Kier alpha value is -1.99. The van der Waals surface area contributed by atoms with E-state index in [0.717, 1.165) is 19.2 Å². The second-order valence-electron chi connectivity index (χ2n) is 3.93. The molecule has 1 aromatic rings. The molecule has 0 aliphatic rings. The Morgan fingerprint density at radius 1 is 1.35 bits per heavy atom. The van der Waals surface area contributed by atoms with Crippen LogP contribution in [0.25, 0.3) is 0 Å². The molecule has 1 rings (SSSR count). The van der Waals surface area contributed by atoms with Crippen molar-refractivity contribution in [2.45, 2.75) is 19.0 Å². The minimum absolute atomic E-state index is 0.111. The van der Waals surface area contributed by atoms with E-state index in [9.17, 15) is 22.4 Å². The Morgan fingerprint density at radius 3 is 2.55 bits per heavy atom. The van der Waals surface area contributed by atoms with E-state index in [1.807, 2.05) is 0 Å². The lowest BCUT2D eigenvalue weighted by atomic mass is 10.1. The van der Waals surface area contributed by atoms with E-state index in [1.54, 1.807) is 0 Å². The zero-order valence-electron chi connectivity index (χ0n) is 10.6. The molecule has 20 heavy (non-hydrogen) atoms. The highest BCUT2D eigenvalue weighted by Crippen LogP contribution is 2.26. The fourth-order valence-electron chi connectivity index (χ4n) is 1.42. The van der Waals surface area contributed by atoms with Crippen molar-refractivity contribution in [2.24, 2.45) is 0 Å². The fraction of sp³-hybridized carbons (Fsp3) is 0.417. The van der Waals surface area contributed by atoms with Gasteiger partial charge in [0.1, 0.15) is 0 Å². The number of nitrogens with two attached hydrogens (primary N) is 1. The molecule has 112 valence electrons. The lowest BCUT2D eigenvalue weighted by molar-refractivity contribution is -0.136. The summed E-state index contributed by atoms with van der Waals surface area (Å²) in [4.78, 5) is 11.3. The second-order valence-corrected chi connectivity index (χ2v) is 3.93. The first-order valence-corrected chi connectivity index (χ1v) is 5.61. The lowest BCUT2D eigenvalue weighted by Crippen LogP contribution is -2.11. The summed E-state index contributed by atoms with van der Waals surface area (Å²) in [7, 11) is 1.12. The quantitative estimate of drug-likeness (QED) is 0.393. The van der Waals surface area contributed by atoms with Crippen molar-refractivity contribution in [2.75, 3.05) is 19.5 Å². The number of rotatable bonds is 5. The fourth-order valence-corrected chi connectivity index (χ4v) is 1.42. The summed E-state index contributed by atoms with van der Waals surface area (Å²) in [6, 6.07) is 1.86. The lowest BCUT2D eigenvalue weighted by Gasteiger charge is -2.11. The summed E-state index contributed by atoms with van der Waals surface area (Å²) in [5, 5.41) is 0. The molecule has 0 radical (unpaired) electrons. The van der Waals surface area contributed by atoms with Gasteiger partial charge >= 0.3 is 12.1 Å². The molecule has 0 saturated heterocycles. The molecule has 0 aliphatic carbocycles. The van der Waals surface area contributed by atoms with Crippen LogP contribution in [0.2, 0.25) is 0 Å². The van der Waals surface area contributed by atoms with Crippen molar-refractivity contribution < 1.29 is 31.8 Å². The highest BCUT2D eigenvalue weighted by atomic mass is 19.4. The van der Waals surface area contributed by atoms with Gasteiger partial charge in [0.25, 0.3) is 0 Å². The van der Waals surface area contributed by atoms with Crippen LogP contribution in [-0.2, 0) is 4.74 Å². The number of carbonyl (C=O) groups excluding carboxylic acids is 1. The second kappa shape index (κ2) is 6.44. The zero-order valence-corrected chi connectivity index (χ0v) is 10.6. The van der Waals surface area contributed by atoms with Crippen LogP contribution in [0.1, 0.15) is 23.2 Å². The average Bonchev–Trinajstić information content (AvgIpc) is 2.34. The van der Waals surface area contributed by atoms with Gasteiger partial charge in [0.15, 0.2) is 11.6 Å². The molecular formula is C12H13F4NO3. The third kappa shape index (κ3) is 4.60. The Morgan fingerprint density at radius 2 is 2.00 bits per heavy atom. The summed E-state index contributed by atoms with van der Waals surface area (Å²) in [6.07, 6.45) is -5.64. The van der Waals surface area contributed by atoms with E-state index in [4.69, 9.17) is 10.5 Å². The highest BCUT2D eigenvalue weighted by molar-refractivity contribution is 5.95. The first-order chi connectivity index (χ1) is 9.24. The van der Waals surface area contributed by atoms with Crippen LogP contribution in [0.15, 0.2) is 12.1 Å². The maximum atomic E-state index is 13.5. The Balaban J connectivity index is 2.73. The molecular weight excluding hydrogens is 282 g/mol. The van der Waals surface area contributed by atoms with Crippen molar-refractivity contribution in [1.29, 1.82) is 0 Å². The van der Waals surface area contributed by atoms with Gasteiger partial charge in [-0.3, -0.25) is 0 Å². The molecule has 0 amide bonds. The number of alkyl halides is 3. The molecule has 8 heteroatoms. The van der Waals surface area contributed by atoms with Crippen LogP contribution in [0, 0.1) is 5.82 Å². The largest absolute Gasteiger partial charge is 0.490 e. The van der Waals surface area contributed by atoms with Gasteiger partial charge in [-0.15, -0.1) is 0 Å². The molecule has 0 atom stereocenters. The molecule has 1 aromatic carbocycles. The van der Waals surface area contributed by atoms with E-state index < -0.39 is 24.4 Å². The molecule has 0 spiro atoms. The maximum absolute atomic E-state index is 13.5. The molecule has 0 aliphatic heterocycles. The normalized spacial score (nSPS) is 11.2. The number of ether oxygens (including phenoxy) is 2. The van der Waals surface area contributed by atoms with Crippen LogP contribution in [-0.4, -0.2) is 25.9 Å². The zero-order chi connectivity index (χ0) is 15.3. The van der Waals surface area contributed by atoms with Crippen LogP contribution < -0.4 is 10.5 Å². The summed E-state index contributed by atoms with van der Waals surface area (Å²) in [6.45, 7) is -0.332. The monoisotopic (exact) mass is 295 g/mol. The maximum Gasteiger partial charge on any atom is 0.389 e. The van der Waals surface area contributed by atoms with Gasteiger partial charge in [0.2, 0.25) is 0 Å². The average molecular weight is 295 g/mol. The van der Waals surface area contributed by atoms with Gasteiger partial charge in [-0.05, 0) is 12.5 Å². The van der Waals surface area contributed by atoms with Crippen LogP contribution >= 0.6 is 0 Å². The molecule has 2 N–H and O–H groups in total. The smallest absolute Gasteiger partial charge is 0.389 e. The number of nitrogen functional groups attached to an aromatic ring is 1. The summed E-state index contributed by atoms with van der Waals surface area (Å²) in [5.41, 5.74) is 5.18. The summed E-state index contributed by atoms with van der Waals surface area (Å²) < 4.78 is 58.6. The van der Waals surface area contributed by atoms with Crippen LogP contribution in [0.3, 0.4) is 0 Å². The van der Waals surface area contributed by atoms with Gasteiger partial charge in [-0.25, -0.2) is 9.18 Å². The first-order valence-electron chi connectivity index (χ1n) is 5.61. The highest BCUT2D eigenvalue weighted by Gasteiger charge is 2.26. The Kier molecular flexibility index (Phi) is 5.18. The van der Waals surface area contributed by atoms with E-state index >= 15 is 0 Å². The minimum Gasteiger partial charge on any atom is -0.490 e. The number of halogens is 4. The molecule has 0 heterocycles. The van der Waals surface area contributed by atoms with Crippen molar-refractivity contribution >= 4 is 11.7 Å². The summed E-state index contributed by atoms with van der Waals surface area (Å²) in [5.74, 6) is -1.99. The van der Waals surface area contributed by atoms with Gasteiger partial charge < -0.3 is 15.2 Å². The third-order valence-corrected chi connectivity index (χ3v) is 2.37. The van der Waals surface area contributed by atoms with Crippen molar-refractivity contribution in [3.63, 3.8) is 0 Å². The molecule has 0 bridgehead atoms. The summed E-state index contributed by atoms with van der Waals surface area (Å²) >= 11 is 0. The topological polar surface area (TPSA) is 61.5 Å². The standard InChI is InChI=1S/C12H13F4NO3/c1-19-11(18)7-5-10(8(13)6-9(7)17)20-4-2-3-12(14,15)16/h5-6H,2-4,17H2,1H3. The predicted molar refractivity (Wildman–Crippen MR) is 62.9 cm³/mol. The van der Waals surface area contributed by atoms with Gasteiger partial charge in [-0.1, -0.05) is 0 Å².